The summed E-state index contributed by atoms with van der Waals surface area (Å²) in [6, 6.07) is 23.8. The normalized spacial score (nSPS) is 11.9. The molecule has 0 radical (unpaired) electrons. The molecule has 39 heavy (non-hydrogen) atoms. The first kappa shape index (κ1) is 28.3. The first-order chi connectivity index (χ1) is 18.8. The first-order valence-corrected chi connectivity index (χ1v) is 14.3. The molecule has 1 unspecified atom stereocenters. The van der Waals surface area contributed by atoms with Gasteiger partial charge in [-0.2, -0.15) is 0 Å². The van der Waals surface area contributed by atoms with Crippen molar-refractivity contribution in [1.29, 1.82) is 0 Å². The van der Waals surface area contributed by atoms with Crippen LogP contribution in [0.25, 0.3) is 6.08 Å². The molecule has 3 N–H and O–H groups in total. The Morgan fingerprint density at radius 1 is 0.949 bits per heavy atom. The molecule has 0 aliphatic heterocycles. The summed E-state index contributed by atoms with van der Waals surface area (Å²) in [5.41, 5.74) is 1.17. The highest BCUT2D eigenvalue weighted by atomic mass is 79.9. The highest BCUT2D eigenvalue weighted by molar-refractivity contribution is 9.10. The van der Waals surface area contributed by atoms with Gasteiger partial charge in [0.1, 0.15) is 11.5 Å². The number of amides is 3. The molecule has 0 saturated carbocycles. The molecule has 1 aromatic heterocycles. The molecule has 0 spiro atoms. The Hall–Kier alpha value is -3.73. The zero-order valence-electron chi connectivity index (χ0n) is 20.6. The van der Waals surface area contributed by atoms with Crippen LogP contribution in [-0.2, 0) is 9.59 Å². The number of halogens is 2. The molecular formula is C29H23BrFN3O3S2. The summed E-state index contributed by atoms with van der Waals surface area (Å²) in [6.07, 6.45) is 1.62. The molecule has 0 saturated heterocycles. The monoisotopic (exact) mass is 623 g/mol. The molecule has 3 amide bonds. The highest BCUT2D eigenvalue weighted by Crippen LogP contribution is 2.27. The van der Waals surface area contributed by atoms with Gasteiger partial charge >= 0.3 is 0 Å². The second-order valence-electron chi connectivity index (χ2n) is 8.25. The average Bonchev–Trinajstić information content (AvgIpc) is 3.44. The molecule has 1 heterocycles. The van der Waals surface area contributed by atoms with Gasteiger partial charge in [0, 0.05) is 25.5 Å². The molecule has 6 nitrogen and oxygen atoms in total. The quantitative estimate of drug-likeness (QED) is 0.136. The van der Waals surface area contributed by atoms with E-state index in [0.29, 0.717) is 15.7 Å². The number of thioether (sulfide) groups is 1. The molecule has 1 atom stereocenters. The molecule has 3 aromatic carbocycles. The predicted octanol–water partition coefficient (Wildman–Crippen LogP) is 7.18. The van der Waals surface area contributed by atoms with Crippen LogP contribution in [0.2, 0.25) is 0 Å². The van der Waals surface area contributed by atoms with E-state index in [2.05, 4.69) is 31.9 Å². The number of anilines is 2. The van der Waals surface area contributed by atoms with Crippen LogP contribution < -0.4 is 16.0 Å². The van der Waals surface area contributed by atoms with Gasteiger partial charge in [0.05, 0.1) is 10.9 Å². The molecule has 4 rings (SSSR count). The van der Waals surface area contributed by atoms with E-state index in [9.17, 15) is 18.8 Å². The molecule has 10 heteroatoms. The third-order valence-corrected chi connectivity index (χ3v) is 7.77. The van der Waals surface area contributed by atoms with E-state index in [1.54, 1.807) is 67.6 Å². The fraction of sp³-hybridized carbons (Fsp3) is 0.0690. The number of carbonyl (C=O) groups is 3. The van der Waals surface area contributed by atoms with Gasteiger partial charge in [0.15, 0.2) is 0 Å². The standard InChI is InChI=1S/C29H23BrFN3O3S2/c1-18(27(35)33-25-14-9-20(30)16-24(25)31)39-22-12-10-21(11-13-22)32-29(37)26(17-23-8-5-15-38-23)34-28(36)19-6-3-2-4-7-19/h2-18H,1H3,(H,32,37)(H,33,35)(H,34,36)/b26-17-. The van der Waals surface area contributed by atoms with Gasteiger partial charge in [0.25, 0.3) is 11.8 Å². The number of hydrogen-bond acceptors (Lipinski definition) is 5. The van der Waals surface area contributed by atoms with E-state index in [1.165, 1.54) is 35.2 Å². The summed E-state index contributed by atoms with van der Waals surface area (Å²) in [4.78, 5) is 40.0. The largest absolute Gasteiger partial charge is 0.323 e. The smallest absolute Gasteiger partial charge is 0.272 e. The summed E-state index contributed by atoms with van der Waals surface area (Å²) >= 11 is 5.94. The summed E-state index contributed by atoms with van der Waals surface area (Å²) < 4.78 is 14.6. The van der Waals surface area contributed by atoms with Crippen LogP contribution in [0.15, 0.2) is 105 Å². The zero-order valence-corrected chi connectivity index (χ0v) is 23.8. The van der Waals surface area contributed by atoms with E-state index in [0.717, 1.165) is 9.77 Å². The van der Waals surface area contributed by atoms with Crippen LogP contribution in [0.4, 0.5) is 15.8 Å². The van der Waals surface area contributed by atoms with E-state index in [4.69, 9.17) is 0 Å². The third-order valence-electron chi connectivity index (χ3n) is 5.34. The molecule has 0 fully saturated rings. The van der Waals surface area contributed by atoms with Crippen molar-refractivity contribution < 1.29 is 18.8 Å². The number of carbonyl (C=O) groups excluding carboxylic acids is 3. The first-order valence-electron chi connectivity index (χ1n) is 11.7. The number of nitrogens with one attached hydrogen (secondary N) is 3. The Balaban J connectivity index is 1.39. The van der Waals surface area contributed by atoms with Gasteiger partial charge < -0.3 is 16.0 Å². The van der Waals surface area contributed by atoms with Crippen LogP contribution in [0.1, 0.15) is 22.2 Å². The fourth-order valence-corrected chi connectivity index (χ4v) is 5.21. The lowest BCUT2D eigenvalue weighted by Crippen LogP contribution is -2.30. The van der Waals surface area contributed by atoms with Crippen LogP contribution in [-0.4, -0.2) is 23.0 Å². The second kappa shape index (κ2) is 13.4. The molecule has 0 aliphatic carbocycles. The van der Waals surface area contributed by atoms with Crippen molar-refractivity contribution in [3.63, 3.8) is 0 Å². The Morgan fingerprint density at radius 2 is 1.69 bits per heavy atom. The maximum absolute atomic E-state index is 14.1. The lowest BCUT2D eigenvalue weighted by molar-refractivity contribution is -0.115. The van der Waals surface area contributed by atoms with Crippen LogP contribution >= 0.6 is 39.0 Å². The van der Waals surface area contributed by atoms with Crippen LogP contribution in [0, 0.1) is 5.82 Å². The van der Waals surface area contributed by atoms with Gasteiger partial charge in [-0.05, 0) is 79.0 Å². The molecule has 0 bridgehead atoms. The number of rotatable bonds is 9. The molecule has 198 valence electrons. The molecule has 4 aromatic rings. The Labute approximate surface area is 241 Å². The minimum Gasteiger partial charge on any atom is -0.323 e. The van der Waals surface area contributed by atoms with Crippen molar-refractivity contribution in [2.75, 3.05) is 10.6 Å². The van der Waals surface area contributed by atoms with E-state index >= 15 is 0 Å². The summed E-state index contributed by atoms with van der Waals surface area (Å²) in [5, 5.41) is 9.50. The van der Waals surface area contributed by atoms with Crippen LogP contribution in [0.5, 0.6) is 0 Å². The third kappa shape index (κ3) is 8.13. The van der Waals surface area contributed by atoms with Gasteiger partial charge in [-0.15, -0.1) is 23.1 Å². The van der Waals surface area contributed by atoms with Gasteiger partial charge in [-0.1, -0.05) is 40.2 Å². The van der Waals surface area contributed by atoms with Gasteiger partial charge in [0.2, 0.25) is 5.91 Å². The summed E-state index contributed by atoms with van der Waals surface area (Å²) in [7, 11) is 0. The number of thiophene rings is 1. The molecular weight excluding hydrogens is 601 g/mol. The minimum atomic E-state index is -0.525. The van der Waals surface area contributed by atoms with Crippen molar-refractivity contribution in [2.45, 2.75) is 17.1 Å². The summed E-state index contributed by atoms with van der Waals surface area (Å²) in [5.74, 6) is -1.73. The van der Waals surface area contributed by atoms with E-state index < -0.39 is 22.9 Å². The second-order valence-corrected chi connectivity index (χ2v) is 11.6. The predicted molar refractivity (Wildman–Crippen MR) is 159 cm³/mol. The zero-order chi connectivity index (χ0) is 27.8. The Bertz CT molecular complexity index is 1490. The number of benzene rings is 3. The Morgan fingerprint density at radius 3 is 2.36 bits per heavy atom. The lowest BCUT2D eigenvalue weighted by Gasteiger charge is -2.14. The number of hydrogen-bond donors (Lipinski definition) is 3. The fourth-order valence-electron chi connectivity index (χ4n) is 3.36. The van der Waals surface area contributed by atoms with Crippen molar-refractivity contribution in [1.82, 2.24) is 5.32 Å². The topological polar surface area (TPSA) is 87.3 Å². The highest BCUT2D eigenvalue weighted by Gasteiger charge is 2.18. The van der Waals surface area contributed by atoms with Crippen molar-refractivity contribution >= 4 is 74.2 Å². The van der Waals surface area contributed by atoms with Gasteiger partial charge in [-0.3, -0.25) is 14.4 Å². The van der Waals surface area contributed by atoms with E-state index in [1.807, 2.05) is 23.6 Å². The lowest BCUT2D eigenvalue weighted by atomic mass is 10.2. The van der Waals surface area contributed by atoms with Crippen molar-refractivity contribution in [3.8, 4) is 0 Å². The van der Waals surface area contributed by atoms with Gasteiger partial charge in [-0.25, -0.2) is 4.39 Å². The maximum atomic E-state index is 14.1. The maximum Gasteiger partial charge on any atom is 0.272 e. The Kier molecular flexibility index (Phi) is 9.69. The average molecular weight is 625 g/mol. The van der Waals surface area contributed by atoms with Crippen LogP contribution in [0.3, 0.4) is 0 Å². The van der Waals surface area contributed by atoms with E-state index in [-0.39, 0.29) is 17.3 Å². The summed E-state index contributed by atoms with van der Waals surface area (Å²) in [6.45, 7) is 1.73. The minimum absolute atomic E-state index is 0.107. The molecule has 0 aliphatic rings. The van der Waals surface area contributed by atoms with Crippen molar-refractivity contribution in [2.24, 2.45) is 0 Å². The van der Waals surface area contributed by atoms with Crippen molar-refractivity contribution in [3.05, 3.63) is 117 Å². The SMILES string of the molecule is CC(Sc1ccc(NC(=O)/C(=C/c2cccs2)NC(=O)c2ccccc2)cc1)C(=O)Nc1ccc(Br)cc1F.